The quantitative estimate of drug-likeness (QED) is 0.0378. The normalized spacial score (nSPS) is 13.1. The van der Waals surface area contributed by atoms with Gasteiger partial charge in [0, 0.05) is 13.0 Å². The van der Waals surface area contributed by atoms with Gasteiger partial charge in [0.15, 0.2) is 0 Å². The largest absolute Gasteiger partial charge is 0.457 e. The molecule has 0 aliphatic carbocycles. The van der Waals surface area contributed by atoms with Gasteiger partial charge in [0.25, 0.3) is 0 Å². The lowest BCUT2D eigenvalue weighted by atomic mass is 10.0. The van der Waals surface area contributed by atoms with E-state index in [2.05, 4.69) is 98.9 Å². The Morgan fingerprint density at radius 1 is 0.424 bits per heavy atom. The summed E-state index contributed by atoms with van der Waals surface area (Å²) >= 11 is 0. The van der Waals surface area contributed by atoms with Crippen molar-refractivity contribution in [3.8, 4) is 0 Å². The summed E-state index contributed by atoms with van der Waals surface area (Å²) in [6, 6.07) is 0. The molecule has 0 aliphatic heterocycles. The lowest BCUT2D eigenvalue weighted by molar-refractivity contribution is -0.154. The predicted molar refractivity (Wildman–Crippen MR) is 260 cm³/mol. The van der Waals surface area contributed by atoms with Crippen molar-refractivity contribution >= 4 is 5.97 Å². The number of carbonyl (C=O) groups is 1. The molecule has 4 heteroatoms. The second-order valence-electron chi connectivity index (χ2n) is 16.5. The molecule has 0 aliphatic rings. The topological polar surface area (TPSA) is 55.8 Å². The van der Waals surface area contributed by atoms with Crippen molar-refractivity contribution in [2.24, 2.45) is 0 Å². The van der Waals surface area contributed by atoms with Crippen molar-refractivity contribution < 1.29 is 19.4 Å². The second kappa shape index (κ2) is 51.7. The zero-order valence-electron chi connectivity index (χ0n) is 39.0. The molecule has 0 rings (SSSR count). The van der Waals surface area contributed by atoms with Gasteiger partial charge in [-0.1, -0.05) is 240 Å². The Labute approximate surface area is 367 Å². The highest BCUT2D eigenvalue weighted by Gasteiger charge is 2.13. The Kier molecular flexibility index (Phi) is 49.6. The van der Waals surface area contributed by atoms with Crippen LogP contribution in [0.25, 0.3) is 0 Å². The number of aliphatic hydroxyl groups is 1. The van der Waals surface area contributed by atoms with Crippen LogP contribution < -0.4 is 0 Å². The molecule has 0 heterocycles. The zero-order chi connectivity index (χ0) is 42.6. The van der Waals surface area contributed by atoms with E-state index in [1.807, 2.05) is 0 Å². The fourth-order valence-corrected chi connectivity index (χ4v) is 7.02. The molecule has 0 radical (unpaired) electrons. The monoisotopic (exact) mass is 821 g/mol. The summed E-state index contributed by atoms with van der Waals surface area (Å²) in [6.07, 6.45) is 72.4. The summed E-state index contributed by atoms with van der Waals surface area (Å²) in [6.45, 7) is 5.19. The minimum Gasteiger partial charge on any atom is -0.457 e. The molecule has 0 aromatic rings. The lowest BCUT2D eigenvalue weighted by Gasteiger charge is -2.15. The van der Waals surface area contributed by atoms with E-state index in [0.717, 1.165) is 77.0 Å². The third-order valence-corrected chi connectivity index (χ3v) is 10.7. The molecule has 0 aromatic carbocycles. The summed E-state index contributed by atoms with van der Waals surface area (Å²) in [5, 5.41) is 9.65. The molecule has 0 saturated carbocycles. The van der Waals surface area contributed by atoms with Gasteiger partial charge in [0.05, 0.1) is 13.2 Å². The molecule has 1 N–H and O–H groups in total. The molecule has 340 valence electrons. The van der Waals surface area contributed by atoms with Gasteiger partial charge in [-0.2, -0.15) is 0 Å². The molecular weight excluding hydrogens is 725 g/mol. The fourth-order valence-electron chi connectivity index (χ4n) is 7.02. The Hall–Kier alpha value is -2.43. The fraction of sp³-hybridized carbons (Fsp3) is 0.727. The molecule has 0 amide bonds. The van der Waals surface area contributed by atoms with Crippen LogP contribution in [0.15, 0.2) is 85.1 Å². The van der Waals surface area contributed by atoms with Crippen LogP contribution in [0.5, 0.6) is 0 Å². The van der Waals surface area contributed by atoms with E-state index in [1.54, 1.807) is 0 Å². The Balaban J connectivity index is 3.50. The molecule has 0 bridgehead atoms. The molecule has 1 unspecified atom stereocenters. The van der Waals surface area contributed by atoms with Crippen molar-refractivity contribution in [3.05, 3.63) is 85.1 Å². The van der Waals surface area contributed by atoms with Gasteiger partial charge in [0.1, 0.15) is 6.10 Å². The van der Waals surface area contributed by atoms with Crippen LogP contribution in [-0.4, -0.2) is 37.0 Å². The van der Waals surface area contributed by atoms with Crippen molar-refractivity contribution in [2.75, 3.05) is 19.8 Å². The highest BCUT2D eigenvalue weighted by atomic mass is 16.6. The molecule has 0 spiro atoms. The SMILES string of the molecule is CC/C=C\C/C=C\C/C=C\C/C=C\C/C=C\C/C=C\C/C=C\CCCCCCOCC(CO)OC(=O)CCCCCCCCCCCCCCCCCCCCCCC. The Morgan fingerprint density at radius 3 is 1.15 bits per heavy atom. The van der Waals surface area contributed by atoms with Gasteiger partial charge in [-0.05, 0) is 70.6 Å². The van der Waals surface area contributed by atoms with Crippen LogP contribution in [0.2, 0.25) is 0 Å². The maximum Gasteiger partial charge on any atom is 0.306 e. The standard InChI is InChI=1S/C55H96O4/c1-3-5-7-9-11-13-15-17-19-21-23-25-26-27-28-29-31-33-35-37-39-41-43-45-47-49-51-58-53-54(52-56)59-55(57)50-48-46-44-42-40-38-36-34-32-30-24-22-20-18-16-14-12-10-8-6-4-2/h5,7,11,13,17,19,23,25,27-28,31,33,37,39,54,56H,3-4,6,8-10,12,14-16,18,20-22,24,26,29-30,32,34-36,38,40-53H2,1-2H3/b7-5-,13-11-,19-17-,25-23-,28-27-,33-31-,39-37-. The van der Waals surface area contributed by atoms with Gasteiger partial charge in [-0.3, -0.25) is 4.79 Å². The molecule has 0 saturated heterocycles. The highest BCUT2D eigenvalue weighted by molar-refractivity contribution is 5.69. The maximum atomic E-state index is 12.3. The first-order chi connectivity index (χ1) is 29.2. The average molecular weight is 821 g/mol. The Bertz CT molecular complexity index is 1050. The molecule has 4 nitrogen and oxygen atoms in total. The number of allylic oxidation sites excluding steroid dienone is 14. The number of unbranched alkanes of at least 4 members (excludes halogenated alkanes) is 24. The third kappa shape index (κ3) is 49.8. The first-order valence-corrected chi connectivity index (χ1v) is 25.2. The van der Waals surface area contributed by atoms with Crippen LogP contribution in [0, 0.1) is 0 Å². The average Bonchev–Trinajstić information content (AvgIpc) is 3.24. The number of aliphatic hydroxyl groups excluding tert-OH is 1. The van der Waals surface area contributed by atoms with Gasteiger partial charge in [-0.15, -0.1) is 0 Å². The summed E-state index contributed by atoms with van der Waals surface area (Å²) in [4.78, 5) is 12.3. The maximum absolute atomic E-state index is 12.3. The number of ether oxygens (including phenoxy) is 2. The lowest BCUT2D eigenvalue weighted by Crippen LogP contribution is -2.27. The number of esters is 1. The van der Waals surface area contributed by atoms with Gasteiger partial charge in [0.2, 0.25) is 0 Å². The summed E-state index contributed by atoms with van der Waals surface area (Å²) in [5.41, 5.74) is 0. The third-order valence-electron chi connectivity index (χ3n) is 10.7. The van der Waals surface area contributed by atoms with E-state index in [1.165, 1.54) is 135 Å². The summed E-state index contributed by atoms with van der Waals surface area (Å²) < 4.78 is 11.2. The molecular formula is C55H96O4. The number of hydrogen-bond donors (Lipinski definition) is 1. The van der Waals surface area contributed by atoms with E-state index >= 15 is 0 Å². The summed E-state index contributed by atoms with van der Waals surface area (Å²) in [7, 11) is 0. The van der Waals surface area contributed by atoms with Crippen LogP contribution in [0.3, 0.4) is 0 Å². The summed E-state index contributed by atoms with van der Waals surface area (Å²) in [5.74, 6) is -0.209. The van der Waals surface area contributed by atoms with Crippen molar-refractivity contribution in [3.63, 3.8) is 0 Å². The first kappa shape index (κ1) is 56.6. The minimum absolute atomic E-state index is 0.185. The first-order valence-electron chi connectivity index (χ1n) is 25.2. The van der Waals surface area contributed by atoms with E-state index in [4.69, 9.17) is 9.47 Å². The number of hydrogen-bond acceptors (Lipinski definition) is 4. The molecule has 1 atom stereocenters. The van der Waals surface area contributed by atoms with Crippen LogP contribution in [0.1, 0.15) is 232 Å². The van der Waals surface area contributed by atoms with E-state index in [0.29, 0.717) is 13.0 Å². The predicted octanol–water partition coefficient (Wildman–Crippen LogP) is 17.1. The van der Waals surface area contributed by atoms with E-state index in [-0.39, 0.29) is 19.2 Å². The Morgan fingerprint density at radius 2 is 0.763 bits per heavy atom. The molecule has 59 heavy (non-hydrogen) atoms. The van der Waals surface area contributed by atoms with Gasteiger partial charge < -0.3 is 14.6 Å². The zero-order valence-corrected chi connectivity index (χ0v) is 39.0. The van der Waals surface area contributed by atoms with Crippen LogP contribution in [0.4, 0.5) is 0 Å². The molecule has 0 aromatic heterocycles. The van der Waals surface area contributed by atoms with Gasteiger partial charge >= 0.3 is 5.97 Å². The van der Waals surface area contributed by atoms with Crippen molar-refractivity contribution in [1.82, 2.24) is 0 Å². The van der Waals surface area contributed by atoms with Crippen molar-refractivity contribution in [2.45, 2.75) is 238 Å². The minimum atomic E-state index is -0.552. The van der Waals surface area contributed by atoms with Crippen molar-refractivity contribution in [1.29, 1.82) is 0 Å². The molecule has 0 fully saturated rings. The van der Waals surface area contributed by atoms with E-state index < -0.39 is 6.10 Å². The van der Waals surface area contributed by atoms with E-state index in [9.17, 15) is 9.90 Å². The number of carbonyl (C=O) groups excluding carboxylic acids is 1. The smallest absolute Gasteiger partial charge is 0.306 e. The van der Waals surface area contributed by atoms with Crippen LogP contribution >= 0.6 is 0 Å². The van der Waals surface area contributed by atoms with Crippen LogP contribution in [-0.2, 0) is 14.3 Å². The number of rotatable bonds is 46. The second-order valence-corrected chi connectivity index (χ2v) is 16.5. The van der Waals surface area contributed by atoms with Gasteiger partial charge in [-0.25, -0.2) is 0 Å². The highest BCUT2D eigenvalue weighted by Crippen LogP contribution is 2.16.